The molecule has 0 aliphatic heterocycles. The highest BCUT2D eigenvalue weighted by Crippen LogP contribution is 2.04. The lowest BCUT2D eigenvalue weighted by Gasteiger charge is -2.18. The Balaban J connectivity index is 3.57. The Bertz CT molecular complexity index is 147. The molecule has 0 aliphatic carbocycles. The molecule has 0 amide bonds. The summed E-state index contributed by atoms with van der Waals surface area (Å²) in [5.74, 6) is 0. The van der Waals surface area contributed by atoms with Gasteiger partial charge in [0.1, 0.15) is 0 Å². The van der Waals surface area contributed by atoms with Crippen molar-refractivity contribution < 1.29 is 4.74 Å². The van der Waals surface area contributed by atoms with Crippen molar-refractivity contribution in [2.24, 2.45) is 0 Å². The quantitative estimate of drug-likeness (QED) is 0.470. The monoisotopic (exact) mass is 200 g/mol. The number of allylic oxidation sites excluding steroid dienone is 1. The molecule has 0 rings (SSSR count). The summed E-state index contributed by atoms with van der Waals surface area (Å²) in [5, 5.41) is 0. The van der Waals surface area contributed by atoms with Crippen LogP contribution in [0.25, 0.3) is 0 Å². The maximum Gasteiger partial charge on any atom is 0.0746 e. The zero-order chi connectivity index (χ0) is 10.3. The Hall–Kier alpha value is -0.0831. The fraction of sp³-hybridized carbons (Fsp3) is 0.818. The van der Waals surface area contributed by atoms with Crippen LogP contribution in [0.15, 0.2) is 12.2 Å². The molecule has 0 unspecified atom stereocenters. The molecule has 0 aromatic rings. The van der Waals surface area contributed by atoms with Crippen molar-refractivity contribution in [2.45, 2.75) is 52.4 Å². The highest BCUT2D eigenvalue weighted by molar-refractivity contribution is 6.76. The van der Waals surface area contributed by atoms with Crippen molar-refractivity contribution in [3.05, 3.63) is 12.2 Å². The molecular formula is C11H24OSi. The van der Waals surface area contributed by atoms with Crippen LogP contribution in [0.1, 0.15) is 26.7 Å². The summed E-state index contributed by atoms with van der Waals surface area (Å²) in [6, 6.07) is 0. The molecule has 0 aliphatic rings. The van der Waals surface area contributed by atoms with Gasteiger partial charge in [-0.25, -0.2) is 0 Å². The minimum atomic E-state index is -1.02. The SMILES string of the molecule is CCC/C=C/[C@@H](C)OC[Si](C)(C)C. The smallest absolute Gasteiger partial charge is 0.0746 e. The first-order valence-corrected chi connectivity index (χ1v) is 8.94. The number of hydrogen-bond donors (Lipinski definition) is 0. The van der Waals surface area contributed by atoms with Crippen molar-refractivity contribution in [2.75, 3.05) is 6.23 Å². The van der Waals surface area contributed by atoms with E-state index < -0.39 is 8.07 Å². The number of hydrogen-bond acceptors (Lipinski definition) is 1. The first kappa shape index (κ1) is 12.9. The summed E-state index contributed by atoms with van der Waals surface area (Å²) in [6.45, 7) is 11.3. The molecule has 78 valence electrons. The minimum Gasteiger partial charge on any atom is -0.378 e. The molecular weight excluding hydrogens is 176 g/mol. The Kier molecular flexibility index (Phi) is 6.34. The van der Waals surface area contributed by atoms with E-state index in [2.05, 4.69) is 45.6 Å². The molecule has 0 aromatic carbocycles. The van der Waals surface area contributed by atoms with Crippen LogP contribution in [0.3, 0.4) is 0 Å². The summed E-state index contributed by atoms with van der Waals surface area (Å²) in [6.07, 6.45) is 8.03. The first-order chi connectivity index (χ1) is 5.95. The highest BCUT2D eigenvalue weighted by atomic mass is 28.3. The summed E-state index contributed by atoms with van der Waals surface area (Å²) in [5.41, 5.74) is 0. The van der Waals surface area contributed by atoms with E-state index in [9.17, 15) is 0 Å². The second-order valence-corrected chi connectivity index (χ2v) is 10.2. The number of rotatable bonds is 6. The van der Waals surface area contributed by atoms with Gasteiger partial charge in [-0.05, 0) is 13.3 Å². The number of unbranched alkanes of at least 4 members (excludes halogenated alkanes) is 1. The molecule has 0 aromatic heterocycles. The lowest BCUT2D eigenvalue weighted by atomic mass is 10.3. The molecule has 0 heterocycles. The van der Waals surface area contributed by atoms with Crippen LogP contribution < -0.4 is 0 Å². The molecule has 0 bridgehead atoms. The number of ether oxygens (including phenoxy) is 1. The summed E-state index contributed by atoms with van der Waals surface area (Å²) < 4.78 is 5.73. The maximum absolute atomic E-state index is 5.73. The molecule has 0 N–H and O–H groups in total. The third-order valence-corrected chi connectivity index (χ3v) is 2.67. The molecule has 0 saturated heterocycles. The van der Waals surface area contributed by atoms with Gasteiger partial charge in [0.2, 0.25) is 0 Å². The van der Waals surface area contributed by atoms with Gasteiger partial charge in [-0.2, -0.15) is 0 Å². The topological polar surface area (TPSA) is 9.23 Å². The fourth-order valence-corrected chi connectivity index (χ4v) is 1.65. The summed E-state index contributed by atoms with van der Waals surface area (Å²) in [4.78, 5) is 0. The van der Waals surface area contributed by atoms with E-state index in [-0.39, 0.29) is 0 Å². The van der Waals surface area contributed by atoms with Crippen molar-refractivity contribution in [1.82, 2.24) is 0 Å². The zero-order valence-electron chi connectivity index (χ0n) is 9.76. The normalized spacial score (nSPS) is 15.2. The van der Waals surface area contributed by atoms with Crippen LogP contribution in [-0.4, -0.2) is 20.4 Å². The van der Waals surface area contributed by atoms with Gasteiger partial charge in [0.05, 0.1) is 14.2 Å². The third kappa shape index (κ3) is 9.83. The van der Waals surface area contributed by atoms with E-state index in [0.717, 1.165) is 6.23 Å². The van der Waals surface area contributed by atoms with Crippen molar-refractivity contribution >= 4 is 8.07 Å². The summed E-state index contributed by atoms with van der Waals surface area (Å²) >= 11 is 0. The van der Waals surface area contributed by atoms with E-state index >= 15 is 0 Å². The maximum atomic E-state index is 5.73. The van der Waals surface area contributed by atoms with Crippen LogP contribution in [0.5, 0.6) is 0 Å². The van der Waals surface area contributed by atoms with Gasteiger partial charge in [0.25, 0.3) is 0 Å². The predicted molar refractivity (Wildman–Crippen MR) is 62.8 cm³/mol. The average molecular weight is 200 g/mol. The van der Waals surface area contributed by atoms with Crippen LogP contribution in [0.2, 0.25) is 19.6 Å². The van der Waals surface area contributed by atoms with Gasteiger partial charge in [-0.1, -0.05) is 45.1 Å². The molecule has 0 spiro atoms. The molecule has 0 saturated carbocycles. The molecule has 1 atom stereocenters. The lowest BCUT2D eigenvalue weighted by Crippen LogP contribution is -2.30. The van der Waals surface area contributed by atoms with Crippen LogP contribution in [-0.2, 0) is 4.74 Å². The van der Waals surface area contributed by atoms with Crippen LogP contribution in [0, 0.1) is 0 Å². The summed E-state index contributed by atoms with van der Waals surface area (Å²) in [7, 11) is -1.02. The fourth-order valence-electron chi connectivity index (χ4n) is 0.892. The zero-order valence-corrected chi connectivity index (χ0v) is 10.8. The molecule has 2 heteroatoms. The standard InChI is InChI=1S/C11H24OSi/c1-6-7-8-9-11(2)12-10-13(3,4)5/h8-9,11H,6-7,10H2,1-5H3/b9-8+/t11-/m1/s1. The second-order valence-electron chi connectivity index (χ2n) is 4.79. The van der Waals surface area contributed by atoms with Gasteiger partial charge in [0.15, 0.2) is 0 Å². The average Bonchev–Trinajstić information content (AvgIpc) is 2.00. The third-order valence-electron chi connectivity index (χ3n) is 1.64. The Morgan fingerprint density at radius 3 is 2.38 bits per heavy atom. The molecule has 0 radical (unpaired) electrons. The molecule has 1 nitrogen and oxygen atoms in total. The van der Waals surface area contributed by atoms with E-state index in [0.29, 0.717) is 6.10 Å². The van der Waals surface area contributed by atoms with Gasteiger partial charge in [-0.15, -0.1) is 0 Å². The van der Waals surface area contributed by atoms with Crippen LogP contribution in [0.4, 0.5) is 0 Å². The van der Waals surface area contributed by atoms with Crippen LogP contribution >= 0.6 is 0 Å². The van der Waals surface area contributed by atoms with E-state index in [4.69, 9.17) is 4.74 Å². The Morgan fingerprint density at radius 2 is 1.92 bits per heavy atom. The van der Waals surface area contributed by atoms with Gasteiger partial charge < -0.3 is 4.74 Å². The Morgan fingerprint density at radius 1 is 1.31 bits per heavy atom. The van der Waals surface area contributed by atoms with E-state index in [1.807, 2.05) is 0 Å². The largest absolute Gasteiger partial charge is 0.378 e. The van der Waals surface area contributed by atoms with Gasteiger partial charge in [-0.3, -0.25) is 0 Å². The Labute approximate surface area is 84.2 Å². The van der Waals surface area contributed by atoms with Gasteiger partial charge in [0, 0.05) is 6.23 Å². The first-order valence-electron chi connectivity index (χ1n) is 5.24. The lowest BCUT2D eigenvalue weighted by molar-refractivity contribution is 0.132. The van der Waals surface area contributed by atoms with E-state index in [1.165, 1.54) is 12.8 Å². The second kappa shape index (κ2) is 6.38. The highest BCUT2D eigenvalue weighted by Gasteiger charge is 2.13. The predicted octanol–water partition coefficient (Wildman–Crippen LogP) is 3.63. The minimum absolute atomic E-state index is 0.290. The van der Waals surface area contributed by atoms with Gasteiger partial charge >= 0.3 is 0 Å². The van der Waals surface area contributed by atoms with Crippen molar-refractivity contribution in [3.63, 3.8) is 0 Å². The van der Waals surface area contributed by atoms with Crippen molar-refractivity contribution in [3.8, 4) is 0 Å². The molecule has 0 fully saturated rings. The van der Waals surface area contributed by atoms with Crippen molar-refractivity contribution in [1.29, 1.82) is 0 Å². The van der Waals surface area contributed by atoms with E-state index in [1.54, 1.807) is 0 Å². The molecule has 13 heavy (non-hydrogen) atoms.